The first-order chi connectivity index (χ1) is 8.74. The molecule has 4 atom stereocenters. The van der Waals surface area contributed by atoms with Crippen LogP contribution in [0.5, 0.6) is 0 Å². The minimum Gasteiger partial charge on any atom is -0.313 e. The minimum absolute atomic E-state index is 0.780. The van der Waals surface area contributed by atoms with E-state index in [1.165, 1.54) is 58.2 Å². The van der Waals surface area contributed by atoms with Crippen LogP contribution in [0, 0.1) is 17.8 Å². The summed E-state index contributed by atoms with van der Waals surface area (Å²) in [7, 11) is 0. The van der Waals surface area contributed by atoms with Gasteiger partial charge in [-0.25, -0.2) is 0 Å². The van der Waals surface area contributed by atoms with E-state index in [0.29, 0.717) is 0 Å². The van der Waals surface area contributed by atoms with Crippen molar-refractivity contribution in [2.75, 3.05) is 19.6 Å². The standard InChI is InChI=1S/C16H30N2/c1-12(2)10-18(11-14-6-4-8-17-14)16-7-3-5-13-9-15(13)16/h12-17H,3-11H2,1-2H3. The predicted molar refractivity (Wildman–Crippen MR) is 76.7 cm³/mol. The van der Waals surface area contributed by atoms with Crippen LogP contribution in [-0.4, -0.2) is 36.6 Å². The third-order valence-corrected chi connectivity index (χ3v) is 5.23. The van der Waals surface area contributed by atoms with Crippen molar-refractivity contribution < 1.29 is 0 Å². The number of hydrogen-bond acceptors (Lipinski definition) is 2. The lowest BCUT2D eigenvalue weighted by atomic mass is 9.93. The summed E-state index contributed by atoms with van der Waals surface area (Å²) in [6.45, 7) is 8.62. The van der Waals surface area contributed by atoms with Crippen molar-refractivity contribution in [3.8, 4) is 0 Å². The number of hydrogen-bond donors (Lipinski definition) is 1. The topological polar surface area (TPSA) is 15.3 Å². The molecule has 0 bridgehead atoms. The van der Waals surface area contributed by atoms with Crippen molar-refractivity contribution in [2.24, 2.45) is 17.8 Å². The van der Waals surface area contributed by atoms with Crippen LogP contribution in [0.2, 0.25) is 0 Å². The smallest absolute Gasteiger partial charge is 0.0195 e. The Kier molecular flexibility index (Phi) is 3.95. The van der Waals surface area contributed by atoms with E-state index in [9.17, 15) is 0 Å². The Morgan fingerprint density at radius 3 is 2.78 bits per heavy atom. The van der Waals surface area contributed by atoms with Crippen LogP contribution in [0.4, 0.5) is 0 Å². The van der Waals surface area contributed by atoms with Gasteiger partial charge in [0.05, 0.1) is 0 Å². The van der Waals surface area contributed by atoms with Crippen LogP contribution in [0.15, 0.2) is 0 Å². The van der Waals surface area contributed by atoms with E-state index in [-0.39, 0.29) is 0 Å². The molecular formula is C16H30N2. The van der Waals surface area contributed by atoms with Gasteiger partial charge < -0.3 is 5.32 Å². The molecule has 18 heavy (non-hydrogen) atoms. The van der Waals surface area contributed by atoms with Gasteiger partial charge in [0.15, 0.2) is 0 Å². The van der Waals surface area contributed by atoms with Crippen molar-refractivity contribution >= 4 is 0 Å². The summed E-state index contributed by atoms with van der Waals surface area (Å²) in [5.74, 6) is 2.99. The van der Waals surface area contributed by atoms with Crippen LogP contribution in [0.3, 0.4) is 0 Å². The minimum atomic E-state index is 0.780. The lowest BCUT2D eigenvalue weighted by molar-refractivity contribution is 0.118. The maximum absolute atomic E-state index is 3.69. The Bertz CT molecular complexity index is 270. The van der Waals surface area contributed by atoms with Gasteiger partial charge in [0, 0.05) is 25.2 Å². The molecule has 1 aliphatic heterocycles. The molecule has 0 spiro atoms. The van der Waals surface area contributed by atoms with Crippen LogP contribution in [0.25, 0.3) is 0 Å². The van der Waals surface area contributed by atoms with Gasteiger partial charge in [-0.15, -0.1) is 0 Å². The third-order valence-electron chi connectivity index (χ3n) is 5.23. The van der Waals surface area contributed by atoms with Crippen molar-refractivity contribution in [1.29, 1.82) is 0 Å². The van der Waals surface area contributed by atoms with Gasteiger partial charge in [0.1, 0.15) is 0 Å². The highest BCUT2D eigenvalue weighted by atomic mass is 15.2. The van der Waals surface area contributed by atoms with Gasteiger partial charge in [0.2, 0.25) is 0 Å². The highest BCUT2D eigenvalue weighted by molar-refractivity contribution is 5.00. The first-order valence-electron chi connectivity index (χ1n) is 8.21. The van der Waals surface area contributed by atoms with Gasteiger partial charge in [-0.1, -0.05) is 26.7 Å². The summed E-state index contributed by atoms with van der Waals surface area (Å²) in [6, 6.07) is 1.71. The third kappa shape index (κ3) is 2.91. The number of fused-ring (bicyclic) bond motifs is 1. The molecule has 2 saturated carbocycles. The molecule has 2 nitrogen and oxygen atoms in total. The maximum Gasteiger partial charge on any atom is 0.0195 e. The summed E-state index contributed by atoms with van der Waals surface area (Å²) >= 11 is 0. The van der Waals surface area contributed by atoms with Crippen LogP contribution in [-0.2, 0) is 0 Å². The summed E-state index contributed by atoms with van der Waals surface area (Å²) in [5, 5.41) is 3.69. The second kappa shape index (κ2) is 5.50. The molecule has 0 aromatic carbocycles. The number of rotatable bonds is 5. The number of nitrogens with zero attached hydrogens (tertiary/aromatic N) is 1. The zero-order valence-electron chi connectivity index (χ0n) is 12.2. The Balaban J connectivity index is 1.60. The molecule has 0 aromatic heterocycles. The van der Waals surface area contributed by atoms with Gasteiger partial charge in [-0.3, -0.25) is 4.90 Å². The Morgan fingerprint density at radius 2 is 2.06 bits per heavy atom. The monoisotopic (exact) mass is 250 g/mol. The molecular weight excluding hydrogens is 220 g/mol. The fourth-order valence-electron chi connectivity index (χ4n) is 4.34. The van der Waals surface area contributed by atoms with E-state index in [1.807, 2.05) is 0 Å². The molecule has 3 fully saturated rings. The largest absolute Gasteiger partial charge is 0.313 e. The lowest BCUT2D eigenvalue weighted by Gasteiger charge is -2.37. The van der Waals surface area contributed by atoms with Crippen molar-refractivity contribution in [2.45, 2.75) is 64.5 Å². The van der Waals surface area contributed by atoms with E-state index in [1.54, 1.807) is 0 Å². The SMILES string of the molecule is CC(C)CN(CC1CCCN1)C1CCCC2CC21. The molecule has 0 radical (unpaired) electrons. The normalized spacial score (nSPS) is 39.3. The molecule has 4 unspecified atom stereocenters. The molecule has 1 N–H and O–H groups in total. The molecule has 1 heterocycles. The zero-order chi connectivity index (χ0) is 12.5. The molecule has 0 aromatic rings. The van der Waals surface area contributed by atoms with E-state index < -0.39 is 0 Å². The van der Waals surface area contributed by atoms with E-state index >= 15 is 0 Å². The quantitative estimate of drug-likeness (QED) is 0.807. The van der Waals surface area contributed by atoms with Gasteiger partial charge in [-0.05, 0) is 50.0 Å². The average Bonchev–Trinajstić information content (AvgIpc) is 2.96. The lowest BCUT2D eigenvalue weighted by Crippen LogP contribution is -2.47. The van der Waals surface area contributed by atoms with Crippen LogP contribution >= 0.6 is 0 Å². The first-order valence-corrected chi connectivity index (χ1v) is 8.21. The Labute approximate surface area is 113 Å². The summed E-state index contributed by atoms with van der Waals surface area (Å²) < 4.78 is 0. The summed E-state index contributed by atoms with van der Waals surface area (Å²) in [6.07, 6.45) is 8.81. The maximum atomic E-state index is 3.69. The van der Waals surface area contributed by atoms with Crippen molar-refractivity contribution in [3.05, 3.63) is 0 Å². The molecule has 1 saturated heterocycles. The molecule has 3 rings (SSSR count). The second-order valence-corrected chi connectivity index (χ2v) is 7.30. The number of nitrogens with one attached hydrogen (secondary N) is 1. The summed E-state index contributed by atoms with van der Waals surface area (Å²) in [4.78, 5) is 2.86. The van der Waals surface area contributed by atoms with E-state index in [0.717, 1.165) is 29.8 Å². The Hall–Kier alpha value is -0.0800. The van der Waals surface area contributed by atoms with Gasteiger partial charge in [-0.2, -0.15) is 0 Å². The summed E-state index contributed by atoms with van der Waals surface area (Å²) in [5.41, 5.74) is 0. The predicted octanol–water partition coefficient (Wildman–Crippen LogP) is 2.89. The highest BCUT2D eigenvalue weighted by Gasteiger charge is 2.47. The van der Waals surface area contributed by atoms with E-state index in [4.69, 9.17) is 0 Å². The molecule has 2 heteroatoms. The average molecular weight is 250 g/mol. The van der Waals surface area contributed by atoms with Crippen LogP contribution < -0.4 is 5.32 Å². The Morgan fingerprint density at radius 1 is 1.17 bits per heavy atom. The zero-order valence-corrected chi connectivity index (χ0v) is 12.2. The highest BCUT2D eigenvalue weighted by Crippen LogP contribution is 2.51. The van der Waals surface area contributed by atoms with Gasteiger partial charge in [0.25, 0.3) is 0 Å². The first kappa shape index (κ1) is 12.9. The molecule has 0 amide bonds. The van der Waals surface area contributed by atoms with Crippen molar-refractivity contribution in [3.63, 3.8) is 0 Å². The fourth-order valence-corrected chi connectivity index (χ4v) is 4.34. The van der Waals surface area contributed by atoms with Gasteiger partial charge >= 0.3 is 0 Å². The van der Waals surface area contributed by atoms with Crippen LogP contribution in [0.1, 0.15) is 52.4 Å². The fraction of sp³-hybridized carbons (Fsp3) is 1.00. The molecule has 104 valence electrons. The molecule has 3 aliphatic rings. The molecule has 2 aliphatic carbocycles. The van der Waals surface area contributed by atoms with E-state index in [2.05, 4.69) is 24.1 Å². The second-order valence-electron chi connectivity index (χ2n) is 7.30. The van der Waals surface area contributed by atoms with Crippen molar-refractivity contribution in [1.82, 2.24) is 10.2 Å².